The van der Waals surface area contributed by atoms with E-state index in [4.69, 9.17) is 0 Å². The molecule has 1 aromatic rings. The monoisotopic (exact) mass is 400 g/mol. The fraction of sp³-hybridized carbons (Fsp3) is 0.650. The van der Waals surface area contributed by atoms with Gasteiger partial charge in [-0.3, -0.25) is 14.4 Å². The van der Waals surface area contributed by atoms with Crippen molar-refractivity contribution in [2.45, 2.75) is 38.1 Å². The van der Waals surface area contributed by atoms with E-state index >= 15 is 0 Å². The molecule has 4 rings (SSSR count). The fourth-order valence-electron chi connectivity index (χ4n) is 4.46. The maximum Gasteiger partial charge on any atom is 0.312 e. The van der Waals surface area contributed by atoms with E-state index in [-0.39, 0.29) is 18.5 Å². The summed E-state index contributed by atoms with van der Waals surface area (Å²) < 4.78 is 0. The Balaban J connectivity index is 1.28. The summed E-state index contributed by atoms with van der Waals surface area (Å²) in [5.41, 5.74) is 0. The van der Waals surface area contributed by atoms with E-state index in [0.29, 0.717) is 45.2 Å². The van der Waals surface area contributed by atoms with Crippen LogP contribution >= 0.6 is 0 Å². The number of piperazine rings is 2. The molecule has 1 aliphatic carbocycles. The van der Waals surface area contributed by atoms with E-state index in [9.17, 15) is 14.4 Å². The zero-order valence-corrected chi connectivity index (χ0v) is 16.7. The minimum Gasteiger partial charge on any atom is -0.338 e. The van der Waals surface area contributed by atoms with Gasteiger partial charge in [0, 0.05) is 57.7 Å². The summed E-state index contributed by atoms with van der Waals surface area (Å²) in [4.78, 5) is 53.3. The topological polar surface area (TPSA) is 90.0 Å². The molecule has 29 heavy (non-hydrogen) atoms. The third-order valence-corrected chi connectivity index (χ3v) is 6.15. The Kier molecular flexibility index (Phi) is 5.92. The molecule has 9 heteroatoms. The molecule has 3 amide bonds. The summed E-state index contributed by atoms with van der Waals surface area (Å²) in [5, 5.41) is 0. The Morgan fingerprint density at radius 3 is 2.28 bits per heavy atom. The number of aromatic nitrogens is 2. The lowest BCUT2D eigenvalue weighted by atomic mass is 9.93. The quantitative estimate of drug-likeness (QED) is 0.668. The largest absolute Gasteiger partial charge is 0.338 e. The summed E-state index contributed by atoms with van der Waals surface area (Å²) in [5.74, 6) is -0.418. The van der Waals surface area contributed by atoms with Crippen LogP contribution < -0.4 is 4.90 Å². The van der Waals surface area contributed by atoms with Gasteiger partial charge in [-0.2, -0.15) is 0 Å². The average molecular weight is 400 g/mol. The SMILES string of the molecule is O=C(CN1CCN(C2CCCCC2)C(=O)C1=O)N1CCN(c2ncccn2)CC1. The number of anilines is 1. The number of hydrogen-bond donors (Lipinski definition) is 0. The van der Waals surface area contributed by atoms with Crippen molar-refractivity contribution >= 4 is 23.7 Å². The van der Waals surface area contributed by atoms with Gasteiger partial charge in [-0.15, -0.1) is 0 Å². The standard InChI is InChI=1S/C20H28N6O3/c27-17(23-9-11-24(12-10-23)20-21-7-4-8-22-20)15-25-13-14-26(19(29)18(25)28)16-5-2-1-3-6-16/h4,7-8,16H,1-3,5-6,9-15H2. The van der Waals surface area contributed by atoms with Gasteiger partial charge in [-0.05, 0) is 18.9 Å². The summed E-state index contributed by atoms with van der Waals surface area (Å²) in [6.07, 6.45) is 8.80. The van der Waals surface area contributed by atoms with Crippen LogP contribution in [0.15, 0.2) is 18.5 Å². The average Bonchev–Trinajstić information content (AvgIpc) is 2.78. The molecule has 156 valence electrons. The number of carbonyl (C=O) groups is 3. The van der Waals surface area contributed by atoms with Crippen molar-refractivity contribution in [3.8, 4) is 0 Å². The van der Waals surface area contributed by atoms with Gasteiger partial charge in [0.2, 0.25) is 11.9 Å². The Labute approximate surface area is 170 Å². The van der Waals surface area contributed by atoms with Crippen molar-refractivity contribution in [2.24, 2.45) is 0 Å². The number of amides is 3. The van der Waals surface area contributed by atoms with Crippen molar-refractivity contribution in [3.63, 3.8) is 0 Å². The van der Waals surface area contributed by atoms with Crippen LogP contribution in [0.25, 0.3) is 0 Å². The number of carbonyl (C=O) groups excluding carboxylic acids is 3. The normalized spacial score (nSPS) is 21.7. The van der Waals surface area contributed by atoms with E-state index < -0.39 is 11.8 Å². The van der Waals surface area contributed by atoms with Crippen molar-refractivity contribution in [3.05, 3.63) is 18.5 Å². The smallest absolute Gasteiger partial charge is 0.312 e. The molecule has 2 aliphatic heterocycles. The van der Waals surface area contributed by atoms with Crippen LogP contribution in [0.4, 0.5) is 5.95 Å². The van der Waals surface area contributed by atoms with Crippen LogP contribution in [-0.4, -0.2) is 94.2 Å². The number of hydrogen-bond acceptors (Lipinski definition) is 6. The predicted molar refractivity (Wildman–Crippen MR) is 106 cm³/mol. The van der Waals surface area contributed by atoms with Gasteiger partial charge in [0.1, 0.15) is 6.54 Å². The number of rotatable bonds is 4. The molecule has 2 saturated heterocycles. The van der Waals surface area contributed by atoms with Crippen LogP contribution in [-0.2, 0) is 14.4 Å². The van der Waals surface area contributed by atoms with Crippen LogP contribution in [0.5, 0.6) is 0 Å². The lowest BCUT2D eigenvalue weighted by molar-refractivity contribution is -0.159. The molecule has 0 spiro atoms. The Morgan fingerprint density at radius 2 is 1.59 bits per heavy atom. The molecule has 0 unspecified atom stereocenters. The van der Waals surface area contributed by atoms with Gasteiger partial charge in [0.15, 0.2) is 0 Å². The van der Waals surface area contributed by atoms with Gasteiger partial charge in [0.05, 0.1) is 0 Å². The maximum absolute atomic E-state index is 12.7. The van der Waals surface area contributed by atoms with E-state index in [2.05, 4.69) is 9.97 Å². The zero-order chi connectivity index (χ0) is 20.2. The highest BCUT2D eigenvalue weighted by molar-refractivity contribution is 6.35. The lowest BCUT2D eigenvalue weighted by Crippen LogP contribution is -2.60. The second-order valence-corrected chi connectivity index (χ2v) is 7.93. The minimum atomic E-state index is -0.536. The van der Waals surface area contributed by atoms with Gasteiger partial charge in [-0.25, -0.2) is 9.97 Å². The zero-order valence-electron chi connectivity index (χ0n) is 16.7. The molecule has 0 N–H and O–H groups in total. The lowest BCUT2D eigenvalue weighted by Gasteiger charge is -2.40. The van der Waals surface area contributed by atoms with Crippen LogP contribution in [0.3, 0.4) is 0 Å². The summed E-state index contributed by atoms with van der Waals surface area (Å²) in [6.45, 7) is 3.36. The maximum atomic E-state index is 12.7. The molecule has 3 heterocycles. The van der Waals surface area contributed by atoms with E-state index in [0.717, 1.165) is 25.7 Å². The van der Waals surface area contributed by atoms with E-state index in [1.54, 1.807) is 28.3 Å². The third kappa shape index (κ3) is 4.33. The van der Waals surface area contributed by atoms with Crippen molar-refractivity contribution in [2.75, 3.05) is 50.7 Å². The second-order valence-electron chi connectivity index (χ2n) is 7.93. The first-order valence-electron chi connectivity index (χ1n) is 10.5. The first-order valence-corrected chi connectivity index (χ1v) is 10.5. The molecule has 0 aromatic carbocycles. The molecule has 3 fully saturated rings. The van der Waals surface area contributed by atoms with Crippen molar-refractivity contribution in [1.82, 2.24) is 24.7 Å². The summed E-state index contributed by atoms with van der Waals surface area (Å²) >= 11 is 0. The highest BCUT2D eigenvalue weighted by Gasteiger charge is 2.38. The molecular formula is C20H28N6O3. The van der Waals surface area contributed by atoms with Crippen molar-refractivity contribution < 1.29 is 14.4 Å². The van der Waals surface area contributed by atoms with Gasteiger partial charge in [-0.1, -0.05) is 19.3 Å². The molecule has 0 radical (unpaired) electrons. The predicted octanol–water partition coefficient (Wildman–Crippen LogP) is 0.129. The van der Waals surface area contributed by atoms with E-state index in [1.165, 1.54) is 11.3 Å². The molecule has 0 bridgehead atoms. The molecule has 3 aliphatic rings. The van der Waals surface area contributed by atoms with E-state index in [1.807, 2.05) is 4.90 Å². The fourth-order valence-corrected chi connectivity index (χ4v) is 4.46. The highest BCUT2D eigenvalue weighted by atomic mass is 16.2. The first-order chi connectivity index (χ1) is 14.1. The van der Waals surface area contributed by atoms with Crippen LogP contribution in [0.2, 0.25) is 0 Å². The third-order valence-electron chi connectivity index (χ3n) is 6.15. The second kappa shape index (κ2) is 8.75. The van der Waals surface area contributed by atoms with Gasteiger partial charge in [0.25, 0.3) is 0 Å². The number of nitrogens with zero attached hydrogens (tertiary/aromatic N) is 6. The highest BCUT2D eigenvalue weighted by Crippen LogP contribution is 2.24. The van der Waals surface area contributed by atoms with Crippen molar-refractivity contribution in [1.29, 1.82) is 0 Å². The molecule has 1 aromatic heterocycles. The Morgan fingerprint density at radius 1 is 0.897 bits per heavy atom. The van der Waals surface area contributed by atoms with Crippen LogP contribution in [0, 0.1) is 0 Å². The minimum absolute atomic E-state index is 0.0229. The Bertz CT molecular complexity index is 744. The molecule has 0 atom stereocenters. The summed E-state index contributed by atoms with van der Waals surface area (Å²) in [6, 6.07) is 1.96. The first kappa shape index (κ1) is 19.6. The summed E-state index contributed by atoms with van der Waals surface area (Å²) in [7, 11) is 0. The molecule has 9 nitrogen and oxygen atoms in total. The molecular weight excluding hydrogens is 372 g/mol. The van der Waals surface area contributed by atoms with Gasteiger partial charge < -0.3 is 19.6 Å². The Hall–Kier alpha value is -2.71. The van der Waals surface area contributed by atoms with Gasteiger partial charge >= 0.3 is 11.8 Å². The molecule has 1 saturated carbocycles. The van der Waals surface area contributed by atoms with Crippen LogP contribution in [0.1, 0.15) is 32.1 Å².